The van der Waals surface area contributed by atoms with Gasteiger partial charge in [0, 0.05) is 29.2 Å². The Morgan fingerprint density at radius 3 is 2.62 bits per heavy atom. The molecular weight excluding hydrogens is 348 g/mol. The van der Waals surface area contributed by atoms with Crippen molar-refractivity contribution in [1.29, 1.82) is 0 Å². The van der Waals surface area contributed by atoms with Gasteiger partial charge in [-0.25, -0.2) is 0 Å². The number of carbonyl (C=O) groups is 1. The zero-order valence-corrected chi connectivity index (χ0v) is 15.0. The molecule has 0 saturated carbocycles. The number of aromatic nitrogens is 3. The summed E-state index contributed by atoms with van der Waals surface area (Å²) in [5.74, 6) is 0.241. The number of thiophene rings is 1. The summed E-state index contributed by atoms with van der Waals surface area (Å²) in [5.41, 5.74) is 1.53. The van der Waals surface area contributed by atoms with E-state index in [4.69, 9.17) is 0 Å². The Balaban J connectivity index is 1.42. The van der Waals surface area contributed by atoms with Crippen LogP contribution in [0, 0.1) is 5.92 Å². The molecule has 1 saturated heterocycles. The van der Waals surface area contributed by atoms with E-state index in [1.54, 1.807) is 28.6 Å². The molecule has 0 bridgehead atoms. The van der Waals surface area contributed by atoms with Crippen molar-refractivity contribution in [1.82, 2.24) is 19.7 Å². The van der Waals surface area contributed by atoms with E-state index in [0.717, 1.165) is 23.4 Å². The molecule has 0 aliphatic carbocycles. The lowest BCUT2D eigenvalue weighted by molar-refractivity contribution is 0.0474. The van der Waals surface area contributed by atoms with Crippen molar-refractivity contribution in [3.05, 3.63) is 64.9 Å². The maximum Gasteiger partial charge on any atom is 0.253 e. The van der Waals surface area contributed by atoms with Crippen molar-refractivity contribution in [3.8, 4) is 5.69 Å². The van der Waals surface area contributed by atoms with Crippen LogP contribution in [0.3, 0.4) is 0 Å². The van der Waals surface area contributed by atoms with Crippen LogP contribution in [-0.4, -0.2) is 43.8 Å². The summed E-state index contributed by atoms with van der Waals surface area (Å²) in [7, 11) is 0. The minimum atomic E-state index is -0.427. The van der Waals surface area contributed by atoms with Crippen molar-refractivity contribution in [2.24, 2.45) is 5.92 Å². The van der Waals surface area contributed by atoms with Gasteiger partial charge in [-0.05, 0) is 48.4 Å². The SMILES string of the molecule is O=C(c1cccc(-n2cnnc2)c1)N1CCC(C(O)c2cccs2)CC1. The normalized spacial score (nSPS) is 16.6. The minimum Gasteiger partial charge on any atom is -0.387 e. The number of likely N-dealkylation sites (tertiary alicyclic amines) is 1. The molecular formula is C19H20N4O2S. The highest BCUT2D eigenvalue weighted by Gasteiger charge is 2.29. The zero-order valence-electron chi connectivity index (χ0n) is 14.2. The van der Waals surface area contributed by atoms with E-state index < -0.39 is 6.10 Å². The topological polar surface area (TPSA) is 71.2 Å². The first kappa shape index (κ1) is 16.9. The fraction of sp³-hybridized carbons (Fsp3) is 0.316. The van der Waals surface area contributed by atoms with Crippen molar-refractivity contribution < 1.29 is 9.90 Å². The second-order valence-corrected chi connectivity index (χ2v) is 7.49. The molecule has 6 nitrogen and oxygen atoms in total. The Morgan fingerprint density at radius 2 is 1.92 bits per heavy atom. The Hall–Kier alpha value is -2.51. The molecule has 1 N–H and O–H groups in total. The first-order chi connectivity index (χ1) is 12.7. The number of aliphatic hydroxyl groups is 1. The number of hydrogen-bond acceptors (Lipinski definition) is 5. The first-order valence-electron chi connectivity index (χ1n) is 8.68. The molecule has 1 aliphatic rings. The van der Waals surface area contributed by atoms with E-state index in [0.29, 0.717) is 18.7 Å². The molecule has 1 fully saturated rings. The number of carbonyl (C=O) groups excluding carboxylic acids is 1. The van der Waals surface area contributed by atoms with E-state index in [2.05, 4.69) is 10.2 Å². The van der Waals surface area contributed by atoms with Crippen LogP contribution in [0.1, 0.15) is 34.2 Å². The third-order valence-corrected chi connectivity index (χ3v) is 5.86. The van der Waals surface area contributed by atoms with E-state index in [9.17, 15) is 9.90 Å². The van der Waals surface area contributed by atoms with Gasteiger partial charge in [0.05, 0.1) is 6.10 Å². The maximum absolute atomic E-state index is 12.9. The fourth-order valence-electron chi connectivity index (χ4n) is 3.43. The molecule has 0 spiro atoms. The Morgan fingerprint density at radius 1 is 1.15 bits per heavy atom. The summed E-state index contributed by atoms with van der Waals surface area (Å²) in [4.78, 5) is 15.7. The van der Waals surface area contributed by atoms with Crippen LogP contribution in [0.5, 0.6) is 0 Å². The molecule has 1 aromatic carbocycles. The Bertz CT molecular complexity index is 856. The molecule has 1 amide bonds. The first-order valence-corrected chi connectivity index (χ1v) is 9.56. The van der Waals surface area contributed by atoms with Crippen molar-refractivity contribution in [2.75, 3.05) is 13.1 Å². The van der Waals surface area contributed by atoms with Crippen LogP contribution >= 0.6 is 11.3 Å². The highest BCUT2D eigenvalue weighted by molar-refractivity contribution is 7.10. The molecule has 4 rings (SSSR count). The molecule has 0 radical (unpaired) electrons. The maximum atomic E-state index is 12.9. The van der Waals surface area contributed by atoms with Gasteiger partial charge in [0.25, 0.3) is 5.91 Å². The second-order valence-electron chi connectivity index (χ2n) is 6.51. The highest BCUT2D eigenvalue weighted by atomic mass is 32.1. The summed E-state index contributed by atoms with van der Waals surface area (Å²) in [6.07, 6.45) is 4.43. The average Bonchev–Trinajstić information content (AvgIpc) is 3.41. The number of benzene rings is 1. The number of piperidine rings is 1. The van der Waals surface area contributed by atoms with Gasteiger partial charge in [-0.1, -0.05) is 12.1 Å². The number of nitrogens with zero attached hydrogens (tertiary/aromatic N) is 4. The summed E-state index contributed by atoms with van der Waals surface area (Å²) in [5, 5.41) is 20.1. The third-order valence-electron chi connectivity index (χ3n) is 4.92. The predicted molar refractivity (Wildman–Crippen MR) is 99.3 cm³/mol. The van der Waals surface area contributed by atoms with Crippen LogP contribution < -0.4 is 0 Å². The van der Waals surface area contributed by atoms with E-state index in [1.165, 1.54) is 0 Å². The lowest BCUT2D eigenvalue weighted by atomic mass is 9.90. The second kappa shape index (κ2) is 7.39. The van der Waals surface area contributed by atoms with Gasteiger partial charge in [-0.2, -0.15) is 0 Å². The molecule has 134 valence electrons. The lowest BCUT2D eigenvalue weighted by Gasteiger charge is -2.34. The zero-order chi connectivity index (χ0) is 17.9. The van der Waals surface area contributed by atoms with Crippen LogP contribution in [0.4, 0.5) is 0 Å². The number of rotatable bonds is 4. The number of aliphatic hydroxyl groups excluding tert-OH is 1. The lowest BCUT2D eigenvalue weighted by Crippen LogP contribution is -2.39. The molecule has 7 heteroatoms. The van der Waals surface area contributed by atoms with Gasteiger partial charge in [0.2, 0.25) is 0 Å². The predicted octanol–water partition coefficient (Wildman–Crippen LogP) is 2.91. The van der Waals surface area contributed by atoms with Crippen LogP contribution in [0.15, 0.2) is 54.4 Å². The molecule has 3 aromatic rings. The molecule has 3 heterocycles. The van der Waals surface area contributed by atoms with Crippen molar-refractivity contribution in [2.45, 2.75) is 18.9 Å². The molecule has 1 unspecified atom stereocenters. The molecule has 1 aliphatic heterocycles. The number of hydrogen-bond donors (Lipinski definition) is 1. The fourth-order valence-corrected chi connectivity index (χ4v) is 4.23. The minimum absolute atomic E-state index is 0.0315. The quantitative estimate of drug-likeness (QED) is 0.769. The van der Waals surface area contributed by atoms with Crippen molar-refractivity contribution >= 4 is 17.2 Å². The van der Waals surface area contributed by atoms with Crippen molar-refractivity contribution in [3.63, 3.8) is 0 Å². The monoisotopic (exact) mass is 368 g/mol. The van der Waals surface area contributed by atoms with Crippen LogP contribution in [-0.2, 0) is 0 Å². The highest BCUT2D eigenvalue weighted by Crippen LogP contribution is 2.33. The summed E-state index contributed by atoms with van der Waals surface area (Å²) < 4.78 is 1.78. The Labute approximate surface area is 155 Å². The third kappa shape index (κ3) is 3.40. The van der Waals surface area contributed by atoms with Crippen LogP contribution in [0.25, 0.3) is 5.69 Å². The van der Waals surface area contributed by atoms with Gasteiger partial charge in [-0.15, -0.1) is 21.5 Å². The van der Waals surface area contributed by atoms with Gasteiger partial charge in [0.1, 0.15) is 12.7 Å². The number of amides is 1. The largest absolute Gasteiger partial charge is 0.387 e. The average molecular weight is 368 g/mol. The van der Waals surface area contributed by atoms with E-state index >= 15 is 0 Å². The Kier molecular flexibility index (Phi) is 4.81. The summed E-state index contributed by atoms with van der Waals surface area (Å²) >= 11 is 1.59. The van der Waals surface area contributed by atoms with Gasteiger partial charge in [0.15, 0.2) is 0 Å². The van der Waals surface area contributed by atoms with E-state index in [-0.39, 0.29) is 11.8 Å². The standard InChI is InChI=1S/C19H20N4O2S/c24-18(17-5-2-10-26-17)14-6-8-22(9-7-14)19(25)15-3-1-4-16(11-15)23-12-20-21-13-23/h1-5,10-14,18,24H,6-9H2. The summed E-state index contributed by atoms with van der Waals surface area (Å²) in [6.45, 7) is 1.34. The molecule has 2 aromatic heterocycles. The summed E-state index contributed by atoms with van der Waals surface area (Å²) in [6, 6.07) is 11.4. The molecule has 1 atom stereocenters. The smallest absolute Gasteiger partial charge is 0.253 e. The van der Waals surface area contributed by atoms with Crippen LogP contribution in [0.2, 0.25) is 0 Å². The molecule has 26 heavy (non-hydrogen) atoms. The van der Waals surface area contributed by atoms with Gasteiger partial charge in [-0.3, -0.25) is 9.36 Å². The van der Waals surface area contributed by atoms with Gasteiger partial charge >= 0.3 is 0 Å². The van der Waals surface area contributed by atoms with E-state index in [1.807, 2.05) is 46.7 Å². The van der Waals surface area contributed by atoms with Gasteiger partial charge < -0.3 is 10.0 Å².